The molecule has 3 nitrogen and oxygen atoms in total. The summed E-state index contributed by atoms with van der Waals surface area (Å²) in [5.41, 5.74) is 2.62. The van der Waals surface area contributed by atoms with Gasteiger partial charge in [-0.2, -0.15) is 0 Å². The minimum absolute atomic E-state index is 0.146. The molecule has 1 heterocycles. The fourth-order valence-electron chi connectivity index (χ4n) is 2.86. The second kappa shape index (κ2) is 6.61. The largest absolute Gasteiger partial charge is 0.453 e. The highest BCUT2D eigenvalue weighted by Gasteiger charge is 2.17. The summed E-state index contributed by atoms with van der Waals surface area (Å²) < 4.78 is 35.8. The molecule has 0 amide bonds. The van der Waals surface area contributed by atoms with Gasteiger partial charge in [-0.1, -0.05) is 6.07 Å². The minimum atomic E-state index is -0.455. The Morgan fingerprint density at radius 1 is 1.17 bits per heavy atom. The molecular formula is C19H20F2N2O. The summed E-state index contributed by atoms with van der Waals surface area (Å²) >= 11 is 0. The first-order chi connectivity index (χ1) is 11.5. The van der Waals surface area contributed by atoms with Crippen molar-refractivity contribution < 1.29 is 13.5 Å². The van der Waals surface area contributed by atoms with Crippen molar-refractivity contribution in [2.75, 3.05) is 13.6 Å². The maximum atomic E-state index is 14.5. The number of hydrogen-bond donors (Lipinski definition) is 1. The lowest BCUT2D eigenvalue weighted by Crippen LogP contribution is -2.10. The van der Waals surface area contributed by atoms with Crippen molar-refractivity contribution >= 4 is 10.9 Å². The van der Waals surface area contributed by atoms with Crippen LogP contribution in [0.3, 0.4) is 0 Å². The topological polar surface area (TPSA) is 26.2 Å². The van der Waals surface area contributed by atoms with E-state index >= 15 is 0 Å². The number of halogens is 2. The number of nitrogens with zero attached hydrogens (tertiary/aromatic N) is 1. The highest BCUT2D eigenvalue weighted by atomic mass is 19.1. The molecule has 0 spiro atoms. The summed E-state index contributed by atoms with van der Waals surface area (Å²) in [7, 11) is 3.79. The Hall–Kier alpha value is -2.40. The van der Waals surface area contributed by atoms with Crippen LogP contribution in [0.2, 0.25) is 0 Å². The summed E-state index contributed by atoms with van der Waals surface area (Å²) in [5.74, 6) is -0.396. The van der Waals surface area contributed by atoms with Crippen molar-refractivity contribution in [1.29, 1.82) is 0 Å². The highest BCUT2D eigenvalue weighted by Crippen LogP contribution is 2.37. The molecule has 3 aromatic rings. The lowest BCUT2D eigenvalue weighted by molar-refractivity contribution is 0.441. The molecule has 0 aliphatic heterocycles. The zero-order chi connectivity index (χ0) is 17.3. The molecule has 0 aliphatic carbocycles. The van der Waals surface area contributed by atoms with Crippen molar-refractivity contribution in [2.24, 2.45) is 7.05 Å². The van der Waals surface area contributed by atoms with Crippen LogP contribution in [0.4, 0.5) is 8.78 Å². The molecule has 5 heteroatoms. The van der Waals surface area contributed by atoms with E-state index in [1.54, 1.807) is 19.1 Å². The normalized spacial score (nSPS) is 11.2. The Labute approximate surface area is 139 Å². The van der Waals surface area contributed by atoms with Crippen LogP contribution in [0, 0.1) is 18.6 Å². The molecule has 1 aromatic heterocycles. The van der Waals surface area contributed by atoms with E-state index < -0.39 is 11.6 Å². The molecule has 2 aromatic carbocycles. The lowest BCUT2D eigenvalue weighted by Gasteiger charge is -2.12. The van der Waals surface area contributed by atoms with Gasteiger partial charge in [0, 0.05) is 24.7 Å². The molecule has 0 saturated carbocycles. The van der Waals surface area contributed by atoms with E-state index in [4.69, 9.17) is 4.74 Å². The molecule has 24 heavy (non-hydrogen) atoms. The van der Waals surface area contributed by atoms with Gasteiger partial charge in [-0.05, 0) is 56.3 Å². The smallest absolute Gasteiger partial charge is 0.172 e. The van der Waals surface area contributed by atoms with E-state index in [9.17, 15) is 8.78 Å². The summed E-state index contributed by atoms with van der Waals surface area (Å²) in [6.45, 7) is 2.58. The number of aryl methyl sites for hydroxylation is 2. The van der Waals surface area contributed by atoms with Crippen molar-refractivity contribution in [2.45, 2.75) is 13.3 Å². The standard InChI is InChI=1S/C19H20F2N2O/c1-12-4-5-14(20)10-17(12)24-19-15(21)6-7-16-18(19)13(8-9-22-2)11-23(16)3/h4-7,10-11,22H,8-9H2,1-3H3. The molecule has 126 valence electrons. The Kier molecular flexibility index (Phi) is 4.53. The zero-order valence-corrected chi connectivity index (χ0v) is 14.0. The predicted molar refractivity (Wildman–Crippen MR) is 91.7 cm³/mol. The van der Waals surface area contributed by atoms with E-state index in [-0.39, 0.29) is 5.75 Å². The van der Waals surface area contributed by atoms with Gasteiger partial charge in [0.1, 0.15) is 11.6 Å². The lowest BCUT2D eigenvalue weighted by atomic mass is 10.1. The Morgan fingerprint density at radius 2 is 1.96 bits per heavy atom. The highest BCUT2D eigenvalue weighted by molar-refractivity contribution is 5.90. The van der Waals surface area contributed by atoms with Gasteiger partial charge in [-0.25, -0.2) is 8.78 Å². The monoisotopic (exact) mass is 330 g/mol. The molecule has 0 radical (unpaired) electrons. The molecule has 0 atom stereocenters. The third kappa shape index (κ3) is 2.99. The summed E-state index contributed by atoms with van der Waals surface area (Å²) in [4.78, 5) is 0. The van der Waals surface area contributed by atoms with Crippen LogP contribution in [-0.2, 0) is 13.5 Å². The van der Waals surface area contributed by atoms with Gasteiger partial charge >= 0.3 is 0 Å². The van der Waals surface area contributed by atoms with Crippen LogP contribution < -0.4 is 10.1 Å². The molecule has 0 bridgehead atoms. The second-order valence-corrected chi connectivity index (χ2v) is 5.90. The maximum Gasteiger partial charge on any atom is 0.172 e. The second-order valence-electron chi connectivity index (χ2n) is 5.90. The van der Waals surface area contributed by atoms with Crippen molar-refractivity contribution in [3.8, 4) is 11.5 Å². The summed E-state index contributed by atoms with van der Waals surface area (Å²) in [6.07, 6.45) is 2.72. The molecular weight excluding hydrogens is 310 g/mol. The maximum absolute atomic E-state index is 14.5. The van der Waals surface area contributed by atoms with E-state index in [0.717, 1.165) is 35.0 Å². The minimum Gasteiger partial charge on any atom is -0.453 e. The number of benzene rings is 2. The van der Waals surface area contributed by atoms with Crippen LogP contribution >= 0.6 is 0 Å². The third-order valence-corrected chi connectivity index (χ3v) is 4.14. The molecule has 1 N–H and O–H groups in total. The quantitative estimate of drug-likeness (QED) is 0.754. The van der Waals surface area contributed by atoms with Crippen molar-refractivity contribution in [3.05, 3.63) is 59.3 Å². The van der Waals surface area contributed by atoms with Gasteiger partial charge in [0.2, 0.25) is 0 Å². The fraction of sp³-hybridized carbons (Fsp3) is 0.263. The Balaban J connectivity index is 2.15. The van der Waals surface area contributed by atoms with Crippen molar-refractivity contribution in [3.63, 3.8) is 0 Å². The van der Waals surface area contributed by atoms with Gasteiger partial charge < -0.3 is 14.6 Å². The summed E-state index contributed by atoms with van der Waals surface area (Å²) in [5, 5.41) is 3.83. The van der Waals surface area contributed by atoms with Crippen LogP contribution in [0.25, 0.3) is 10.9 Å². The molecule has 0 saturated heterocycles. The van der Waals surface area contributed by atoms with Gasteiger partial charge in [0.15, 0.2) is 11.6 Å². The van der Waals surface area contributed by atoms with E-state index in [0.29, 0.717) is 5.75 Å². The fourth-order valence-corrected chi connectivity index (χ4v) is 2.86. The van der Waals surface area contributed by atoms with Gasteiger partial charge in [0.05, 0.1) is 5.52 Å². The first-order valence-corrected chi connectivity index (χ1v) is 7.86. The number of nitrogens with one attached hydrogen (secondary N) is 1. The van der Waals surface area contributed by atoms with Crippen molar-refractivity contribution in [1.82, 2.24) is 9.88 Å². The first-order valence-electron chi connectivity index (χ1n) is 7.86. The van der Waals surface area contributed by atoms with Crippen LogP contribution in [0.5, 0.6) is 11.5 Å². The zero-order valence-electron chi connectivity index (χ0n) is 14.0. The number of rotatable bonds is 5. The molecule has 0 fully saturated rings. The number of ether oxygens (including phenoxy) is 1. The molecule has 0 unspecified atom stereocenters. The molecule has 3 rings (SSSR count). The predicted octanol–water partition coefficient (Wildman–Crippen LogP) is 4.32. The van der Waals surface area contributed by atoms with Crippen LogP contribution in [-0.4, -0.2) is 18.2 Å². The number of hydrogen-bond acceptors (Lipinski definition) is 2. The number of fused-ring (bicyclic) bond motifs is 1. The average molecular weight is 330 g/mol. The van der Waals surface area contributed by atoms with E-state index in [2.05, 4.69) is 5.32 Å². The molecule has 0 aliphatic rings. The van der Waals surface area contributed by atoms with E-state index in [1.165, 1.54) is 18.2 Å². The van der Waals surface area contributed by atoms with Gasteiger partial charge in [-0.3, -0.25) is 0 Å². The number of likely N-dealkylation sites (N-methyl/N-ethyl adjacent to an activating group) is 1. The van der Waals surface area contributed by atoms with Gasteiger partial charge in [0.25, 0.3) is 0 Å². The van der Waals surface area contributed by atoms with Gasteiger partial charge in [-0.15, -0.1) is 0 Å². The SMILES string of the molecule is CNCCc1cn(C)c2ccc(F)c(Oc3cc(F)ccc3C)c12. The Bertz CT molecular complexity index is 887. The first kappa shape index (κ1) is 16.5. The van der Waals surface area contributed by atoms with Crippen LogP contribution in [0.15, 0.2) is 36.5 Å². The number of aromatic nitrogens is 1. The third-order valence-electron chi connectivity index (χ3n) is 4.14. The Morgan fingerprint density at radius 3 is 2.71 bits per heavy atom. The summed E-state index contributed by atoms with van der Waals surface area (Å²) in [6, 6.07) is 7.38. The average Bonchev–Trinajstić information content (AvgIpc) is 2.87. The van der Waals surface area contributed by atoms with Crippen LogP contribution in [0.1, 0.15) is 11.1 Å². The van der Waals surface area contributed by atoms with E-state index in [1.807, 2.05) is 24.9 Å².